The highest BCUT2D eigenvalue weighted by Gasteiger charge is 2.23. The number of nitrogens with two attached hydrogens (primary N) is 3. The van der Waals surface area contributed by atoms with Crippen LogP contribution in [0.1, 0.15) is 26.7 Å². The summed E-state index contributed by atoms with van der Waals surface area (Å²) in [7, 11) is 2.86. The van der Waals surface area contributed by atoms with Crippen LogP contribution >= 0.6 is 21.6 Å². The number of amides is 1. The molecule has 31 heavy (non-hydrogen) atoms. The first-order chi connectivity index (χ1) is 14.7. The van der Waals surface area contributed by atoms with Crippen molar-refractivity contribution in [2.24, 2.45) is 22.2 Å². The molecule has 0 saturated heterocycles. The lowest BCUT2D eigenvalue weighted by Gasteiger charge is -2.24. The molecule has 0 aromatic carbocycles. The second-order valence-corrected chi connectivity index (χ2v) is 8.74. The molecule has 9 N–H and O–H groups in total. The maximum atomic E-state index is 12.3. The summed E-state index contributed by atoms with van der Waals surface area (Å²) in [6.07, 6.45) is -1.12. The van der Waals surface area contributed by atoms with Crippen LogP contribution < -0.4 is 27.8 Å². The normalized spacial score (nSPS) is 13.5. The minimum atomic E-state index is -1.20. The van der Waals surface area contributed by atoms with Gasteiger partial charge in [-0.3, -0.25) is 24.7 Å². The molecule has 0 rings (SSSR count). The Balaban J connectivity index is 4.65. The summed E-state index contributed by atoms with van der Waals surface area (Å²) in [4.78, 5) is 39.2. The highest BCUT2D eigenvalue weighted by molar-refractivity contribution is 8.76. The van der Waals surface area contributed by atoms with E-state index in [0.717, 1.165) is 0 Å². The van der Waals surface area contributed by atoms with E-state index < -0.39 is 36.2 Å². The monoisotopic (exact) mass is 482 g/mol. The number of nitrogens with zero attached hydrogens (tertiary/aromatic N) is 1. The summed E-state index contributed by atoms with van der Waals surface area (Å²) >= 11 is 0. The Hall–Kier alpha value is -1.74. The van der Waals surface area contributed by atoms with E-state index in [9.17, 15) is 19.5 Å². The fourth-order valence-electron chi connectivity index (χ4n) is 2.08. The summed E-state index contributed by atoms with van der Waals surface area (Å²) in [5, 5.41) is 15.7. The first-order valence-corrected chi connectivity index (χ1v) is 12.3. The zero-order chi connectivity index (χ0) is 23.6. The first kappa shape index (κ1) is 29.3. The predicted molar refractivity (Wildman–Crippen MR) is 122 cm³/mol. The molecule has 0 aromatic heterocycles. The van der Waals surface area contributed by atoms with Crippen LogP contribution in [0.4, 0.5) is 0 Å². The number of aliphatic imine (C=N–C) groups is 1. The van der Waals surface area contributed by atoms with Gasteiger partial charge in [0.1, 0.15) is 12.3 Å². The number of carbonyl (C=O) groups is 3. The van der Waals surface area contributed by atoms with Gasteiger partial charge in [0.2, 0.25) is 5.91 Å². The van der Waals surface area contributed by atoms with Gasteiger partial charge in [0.05, 0.1) is 32.3 Å². The van der Waals surface area contributed by atoms with Crippen LogP contribution in [0.15, 0.2) is 4.99 Å². The second-order valence-electron chi connectivity index (χ2n) is 6.12. The molecule has 1 amide bonds. The van der Waals surface area contributed by atoms with Gasteiger partial charge in [-0.2, -0.15) is 0 Å². The molecule has 0 radical (unpaired) electrons. The van der Waals surface area contributed by atoms with Gasteiger partial charge in [-0.15, -0.1) is 0 Å². The number of aliphatic hydroxyl groups is 1. The molecular formula is C17H34N6O6S2. The van der Waals surface area contributed by atoms with Crippen LogP contribution in [0, 0.1) is 0 Å². The van der Waals surface area contributed by atoms with Crippen molar-refractivity contribution in [2.75, 3.05) is 37.8 Å². The molecule has 0 saturated carbocycles. The van der Waals surface area contributed by atoms with E-state index in [1.807, 2.05) is 0 Å². The van der Waals surface area contributed by atoms with Crippen LogP contribution in [-0.2, 0) is 23.9 Å². The molecule has 0 fully saturated rings. The number of carbonyl (C=O) groups excluding carboxylic acids is 3. The van der Waals surface area contributed by atoms with E-state index in [-0.39, 0.29) is 38.6 Å². The van der Waals surface area contributed by atoms with Gasteiger partial charge in [0.15, 0.2) is 5.96 Å². The first-order valence-electron chi connectivity index (χ1n) is 9.79. The molecule has 0 bridgehead atoms. The molecule has 180 valence electrons. The third-order valence-electron chi connectivity index (χ3n) is 3.56. The van der Waals surface area contributed by atoms with Crippen LogP contribution in [0.2, 0.25) is 0 Å². The third kappa shape index (κ3) is 15.7. The summed E-state index contributed by atoms with van der Waals surface area (Å²) in [6.45, 7) is 4.00. The third-order valence-corrected chi connectivity index (χ3v) is 5.98. The highest BCUT2D eigenvalue weighted by atomic mass is 33.1. The SMILES string of the molecule is CCOC(=O)CNC(O)C(CSSCCN=C(N)N)NC(=O)CCC(N)C(=O)OCC. The van der Waals surface area contributed by atoms with Crippen LogP contribution in [-0.4, -0.2) is 85.0 Å². The number of esters is 2. The van der Waals surface area contributed by atoms with Crippen molar-refractivity contribution in [1.29, 1.82) is 0 Å². The van der Waals surface area contributed by atoms with E-state index in [1.165, 1.54) is 21.6 Å². The lowest BCUT2D eigenvalue weighted by molar-refractivity contribution is -0.145. The van der Waals surface area contributed by atoms with E-state index in [1.54, 1.807) is 13.8 Å². The van der Waals surface area contributed by atoms with E-state index in [0.29, 0.717) is 18.1 Å². The molecule has 0 aromatic rings. The molecule has 3 unspecified atom stereocenters. The Morgan fingerprint density at radius 2 is 1.81 bits per heavy atom. The molecule has 12 nitrogen and oxygen atoms in total. The van der Waals surface area contributed by atoms with E-state index >= 15 is 0 Å². The Kier molecular flexibility index (Phi) is 16.9. The molecule has 14 heteroatoms. The standard InChI is InChI=1S/C17H34N6O6S2/c1-3-28-14(25)9-22-15(26)12(10-31-30-8-7-21-17(19)20)23-13(24)6-5-11(18)16(27)29-4-2/h11-12,15,22,26H,3-10,18H2,1-2H3,(H,23,24)(H4,19,20,21). The smallest absolute Gasteiger partial charge is 0.322 e. The number of rotatable bonds is 17. The Morgan fingerprint density at radius 3 is 2.42 bits per heavy atom. The Bertz CT molecular complexity index is 579. The lowest BCUT2D eigenvalue weighted by atomic mass is 10.1. The molecule has 0 aliphatic carbocycles. The number of aliphatic hydroxyl groups excluding tert-OH is 1. The molecule has 3 atom stereocenters. The quantitative estimate of drug-likeness (QED) is 0.0341. The summed E-state index contributed by atoms with van der Waals surface area (Å²) in [5.41, 5.74) is 16.2. The van der Waals surface area contributed by atoms with Gasteiger partial charge in [0.25, 0.3) is 0 Å². The van der Waals surface area contributed by atoms with Gasteiger partial charge in [-0.25, -0.2) is 0 Å². The maximum Gasteiger partial charge on any atom is 0.322 e. The molecule has 0 heterocycles. The van der Waals surface area contributed by atoms with Crippen molar-refractivity contribution in [3.63, 3.8) is 0 Å². The van der Waals surface area contributed by atoms with E-state index in [4.69, 9.17) is 26.7 Å². The molecule has 0 aliphatic rings. The number of hydrogen-bond donors (Lipinski definition) is 6. The van der Waals surface area contributed by atoms with Gasteiger partial charge in [-0.1, -0.05) is 21.6 Å². The number of ether oxygens (including phenoxy) is 2. The van der Waals surface area contributed by atoms with Crippen molar-refractivity contribution in [3.05, 3.63) is 0 Å². The van der Waals surface area contributed by atoms with Crippen molar-refractivity contribution in [2.45, 2.75) is 45.0 Å². The molecule has 0 aliphatic heterocycles. The second kappa shape index (κ2) is 17.9. The van der Waals surface area contributed by atoms with Gasteiger partial charge >= 0.3 is 11.9 Å². The van der Waals surface area contributed by atoms with Gasteiger partial charge in [-0.05, 0) is 20.3 Å². The average molecular weight is 483 g/mol. The van der Waals surface area contributed by atoms with Crippen molar-refractivity contribution in [3.8, 4) is 0 Å². The summed E-state index contributed by atoms with van der Waals surface area (Å²) in [5.74, 6) is -0.520. The minimum absolute atomic E-state index is 0.00959. The van der Waals surface area contributed by atoms with Crippen LogP contribution in [0.25, 0.3) is 0 Å². The van der Waals surface area contributed by atoms with Gasteiger partial charge in [0, 0.05) is 17.9 Å². The Morgan fingerprint density at radius 1 is 1.13 bits per heavy atom. The Labute approximate surface area is 190 Å². The largest absolute Gasteiger partial charge is 0.465 e. The number of nitrogens with one attached hydrogen (secondary N) is 2. The number of hydrogen-bond acceptors (Lipinski definition) is 11. The van der Waals surface area contributed by atoms with Gasteiger partial charge < -0.3 is 37.1 Å². The van der Waals surface area contributed by atoms with Crippen LogP contribution in [0.3, 0.4) is 0 Å². The lowest BCUT2D eigenvalue weighted by Crippen LogP contribution is -2.52. The topological polar surface area (TPSA) is 204 Å². The predicted octanol–water partition coefficient (Wildman–Crippen LogP) is -1.73. The molecule has 0 spiro atoms. The number of guanidine groups is 1. The van der Waals surface area contributed by atoms with Crippen molar-refractivity contribution >= 4 is 45.4 Å². The summed E-state index contributed by atoms with van der Waals surface area (Å²) in [6, 6.07) is -1.61. The molecular weight excluding hydrogens is 448 g/mol. The zero-order valence-electron chi connectivity index (χ0n) is 17.9. The highest BCUT2D eigenvalue weighted by Crippen LogP contribution is 2.22. The fourth-order valence-corrected chi connectivity index (χ4v) is 4.18. The zero-order valence-corrected chi connectivity index (χ0v) is 19.5. The minimum Gasteiger partial charge on any atom is -0.465 e. The van der Waals surface area contributed by atoms with Crippen molar-refractivity contribution in [1.82, 2.24) is 10.6 Å². The van der Waals surface area contributed by atoms with E-state index in [2.05, 4.69) is 15.6 Å². The van der Waals surface area contributed by atoms with Crippen LogP contribution in [0.5, 0.6) is 0 Å². The summed E-state index contributed by atoms with van der Waals surface area (Å²) < 4.78 is 9.61. The fraction of sp³-hybridized carbons (Fsp3) is 0.765. The van der Waals surface area contributed by atoms with Crippen molar-refractivity contribution < 1.29 is 29.0 Å². The maximum absolute atomic E-state index is 12.3. The average Bonchev–Trinajstić information content (AvgIpc) is 2.71.